The summed E-state index contributed by atoms with van der Waals surface area (Å²) in [5, 5.41) is 3.49. The molecule has 0 saturated carbocycles. The highest BCUT2D eigenvalue weighted by Crippen LogP contribution is 2.26. The van der Waals surface area contributed by atoms with Crippen LogP contribution in [-0.4, -0.2) is 36.0 Å². The molecule has 0 aromatic heterocycles. The molecule has 1 heterocycles. The molecule has 118 valence electrons. The summed E-state index contributed by atoms with van der Waals surface area (Å²) in [7, 11) is 0. The Morgan fingerprint density at radius 2 is 1.95 bits per heavy atom. The van der Waals surface area contributed by atoms with Crippen molar-refractivity contribution in [3.8, 4) is 0 Å². The summed E-state index contributed by atoms with van der Waals surface area (Å²) >= 11 is 0. The Morgan fingerprint density at radius 1 is 1.30 bits per heavy atom. The van der Waals surface area contributed by atoms with Gasteiger partial charge in [-0.05, 0) is 51.0 Å². The zero-order valence-corrected chi connectivity index (χ0v) is 14.3. The largest absolute Gasteiger partial charge is 0.339 e. The van der Waals surface area contributed by atoms with Gasteiger partial charge in [-0.2, -0.15) is 0 Å². The molecule has 0 radical (unpaired) electrons. The maximum atomic E-state index is 12.6. The molecule has 2 atom stereocenters. The van der Waals surface area contributed by atoms with Crippen LogP contribution in [0.4, 0.5) is 0 Å². The minimum Gasteiger partial charge on any atom is -0.339 e. The SMILES string of the molecule is CC(CC(=O)N(CC1CCCN1)C(C)C)CC(C)(C)C. The van der Waals surface area contributed by atoms with Gasteiger partial charge in [0.1, 0.15) is 0 Å². The Morgan fingerprint density at radius 3 is 2.40 bits per heavy atom. The van der Waals surface area contributed by atoms with Gasteiger partial charge in [-0.15, -0.1) is 0 Å². The highest BCUT2D eigenvalue weighted by molar-refractivity contribution is 5.76. The van der Waals surface area contributed by atoms with E-state index in [0.717, 1.165) is 19.5 Å². The van der Waals surface area contributed by atoms with E-state index in [2.05, 4.69) is 51.8 Å². The number of hydrogen-bond acceptors (Lipinski definition) is 2. The van der Waals surface area contributed by atoms with E-state index in [0.29, 0.717) is 35.7 Å². The van der Waals surface area contributed by atoms with Crippen LogP contribution < -0.4 is 5.32 Å². The van der Waals surface area contributed by atoms with Crippen LogP contribution >= 0.6 is 0 Å². The number of nitrogens with zero attached hydrogens (tertiary/aromatic N) is 1. The molecule has 0 aromatic rings. The van der Waals surface area contributed by atoms with Crippen LogP contribution in [0.1, 0.15) is 67.2 Å². The van der Waals surface area contributed by atoms with E-state index < -0.39 is 0 Å². The van der Waals surface area contributed by atoms with Crippen LogP contribution in [0.25, 0.3) is 0 Å². The molecule has 1 rings (SSSR count). The fourth-order valence-corrected chi connectivity index (χ4v) is 3.28. The fraction of sp³-hybridized carbons (Fsp3) is 0.941. The third-order valence-corrected chi connectivity index (χ3v) is 4.01. The number of rotatable bonds is 6. The third kappa shape index (κ3) is 6.25. The summed E-state index contributed by atoms with van der Waals surface area (Å²) in [6.07, 6.45) is 4.23. The number of hydrogen-bond donors (Lipinski definition) is 1. The second kappa shape index (κ2) is 7.44. The van der Waals surface area contributed by atoms with Crippen molar-refractivity contribution in [1.29, 1.82) is 0 Å². The smallest absolute Gasteiger partial charge is 0.223 e. The molecule has 0 bridgehead atoms. The maximum Gasteiger partial charge on any atom is 0.223 e. The van der Waals surface area contributed by atoms with Crippen LogP contribution in [0.3, 0.4) is 0 Å². The molecule has 0 aromatic carbocycles. The van der Waals surface area contributed by atoms with Gasteiger partial charge in [-0.1, -0.05) is 27.7 Å². The third-order valence-electron chi connectivity index (χ3n) is 4.01. The Balaban J connectivity index is 2.51. The van der Waals surface area contributed by atoms with E-state index in [1.807, 2.05) is 0 Å². The second-order valence-electron chi connectivity index (χ2n) is 8.01. The molecule has 0 aliphatic carbocycles. The molecule has 1 saturated heterocycles. The van der Waals surface area contributed by atoms with Crippen LogP contribution in [0.15, 0.2) is 0 Å². The van der Waals surface area contributed by atoms with Crippen molar-refractivity contribution in [1.82, 2.24) is 10.2 Å². The standard InChI is InChI=1S/C17H34N2O/c1-13(2)19(12-15-8-7-9-18-15)16(20)10-14(3)11-17(4,5)6/h13-15,18H,7-12H2,1-6H3. The van der Waals surface area contributed by atoms with Crippen LogP contribution in [-0.2, 0) is 4.79 Å². The first-order chi connectivity index (χ1) is 9.19. The first-order valence-corrected chi connectivity index (χ1v) is 8.22. The first-order valence-electron chi connectivity index (χ1n) is 8.22. The van der Waals surface area contributed by atoms with Gasteiger partial charge in [0.25, 0.3) is 0 Å². The fourth-order valence-electron chi connectivity index (χ4n) is 3.28. The lowest BCUT2D eigenvalue weighted by Gasteiger charge is -2.31. The van der Waals surface area contributed by atoms with Gasteiger partial charge in [0.05, 0.1) is 0 Å². The summed E-state index contributed by atoms with van der Waals surface area (Å²) in [6.45, 7) is 15.2. The Labute approximate surface area is 125 Å². The lowest BCUT2D eigenvalue weighted by Crippen LogP contribution is -2.45. The summed E-state index contributed by atoms with van der Waals surface area (Å²) in [5.74, 6) is 0.783. The first kappa shape index (κ1) is 17.5. The molecule has 0 spiro atoms. The highest BCUT2D eigenvalue weighted by Gasteiger charge is 2.25. The van der Waals surface area contributed by atoms with Crippen molar-refractivity contribution in [3.05, 3.63) is 0 Å². The van der Waals surface area contributed by atoms with Crippen LogP contribution in [0, 0.1) is 11.3 Å². The molecule has 1 N–H and O–H groups in total. The minimum absolute atomic E-state index is 0.298. The van der Waals surface area contributed by atoms with Crippen molar-refractivity contribution >= 4 is 5.91 Å². The molecule has 3 heteroatoms. The summed E-state index contributed by atoms with van der Waals surface area (Å²) in [6, 6.07) is 0.797. The lowest BCUT2D eigenvalue weighted by atomic mass is 9.84. The number of carbonyl (C=O) groups is 1. The monoisotopic (exact) mass is 282 g/mol. The maximum absolute atomic E-state index is 12.6. The molecule has 1 amide bonds. The summed E-state index contributed by atoms with van der Waals surface area (Å²) in [4.78, 5) is 14.6. The number of carbonyl (C=O) groups excluding carboxylic acids is 1. The van der Waals surface area contributed by atoms with E-state index in [-0.39, 0.29) is 0 Å². The van der Waals surface area contributed by atoms with E-state index in [1.165, 1.54) is 12.8 Å². The molecule has 2 unspecified atom stereocenters. The Kier molecular flexibility index (Phi) is 6.50. The topological polar surface area (TPSA) is 32.3 Å². The molecular weight excluding hydrogens is 248 g/mol. The molecule has 1 aliphatic heterocycles. The average Bonchev–Trinajstić information content (AvgIpc) is 2.74. The molecular formula is C17H34N2O. The van der Waals surface area contributed by atoms with Crippen LogP contribution in [0.5, 0.6) is 0 Å². The highest BCUT2D eigenvalue weighted by atomic mass is 16.2. The zero-order chi connectivity index (χ0) is 15.3. The van der Waals surface area contributed by atoms with E-state index in [1.54, 1.807) is 0 Å². The molecule has 1 aliphatic rings. The quantitative estimate of drug-likeness (QED) is 0.809. The predicted octanol–water partition coefficient (Wildman–Crippen LogP) is 3.44. The molecule has 1 fully saturated rings. The van der Waals surface area contributed by atoms with Gasteiger partial charge in [0.15, 0.2) is 0 Å². The van der Waals surface area contributed by atoms with Crippen molar-refractivity contribution in [2.75, 3.05) is 13.1 Å². The normalized spacial score (nSPS) is 21.2. The Hall–Kier alpha value is -0.570. The van der Waals surface area contributed by atoms with Gasteiger partial charge in [0.2, 0.25) is 5.91 Å². The van der Waals surface area contributed by atoms with Crippen LogP contribution in [0.2, 0.25) is 0 Å². The number of amides is 1. The van der Waals surface area contributed by atoms with Crippen molar-refractivity contribution in [2.45, 2.75) is 79.3 Å². The van der Waals surface area contributed by atoms with E-state index >= 15 is 0 Å². The van der Waals surface area contributed by atoms with Gasteiger partial charge < -0.3 is 10.2 Å². The van der Waals surface area contributed by atoms with E-state index in [4.69, 9.17) is 0 Å². The number of nitrogens with one attached hydrogen (secondary N) is 1. The van der Waals surface area contributed by atoms with E-state index in [9.17, 15) is 4.79 Å². The second-order valence-corrected chi connectivity index (χ2v) is 8.01. The lowest BCUT2D eigenvalue weighted by molar-refractivity contribution is -0.134. The van der Waals surface area contributed by atoms with Gasteiger partial charge in [-0.25, -0.2) is 0 Å². The summed E-state index contributed by atoms with van der Waals surface area (Å²) in [5.41, 5.74) is 0.301. The van der Waals surface area contributed by atoms with Crippen molar-refractivity contribution < 1.29 is 4.79 Å². The predicted molar refractivity (Wildman–Crippen MR) is 85.7 cm³/mol. The Bertz CT molecular complexity index is 301. The molecule has 20 heavy (non-hydrogen) atoms. The zero-order valence-electron chi connectivity index (χ0n) is 14.3. The minimum atomic E-state index is 0.298. The van der Waals surface area contributed by atoms with Gasteiger partial charge >= 0.3 is 0 Å². The summed E-state index contributed by atoms with van der Waals surface area (Å²) < 4.78 is 0. The van der Waals surface area contributed by atoms with Gasteiger partial charge in [0, 0.05) is 25.0 Å². The van der Waals surface area contributed by atoms with Crippen molar-refractivity contribution in [3.63, 3.8) is 0 Å². The average molecular weight is 282 g/mol. The van der Waals surface area contributed by atoms with Crippen molar-refractivity contribution in [2.24, 2.45) is 11.3 Å². The van der Waals surface area contributed by atoms with Gasteiger partial charge in [-0.3, -0.25) is 4.79 Å². The molecule has 3 nitrogen and oxygen atoms in total.